The molecule has 0 N–H and O–H groups in total. The minimum Gasteiger partial charge on any atom is -0.465 e. The lowest BCUT2D eigenvalue weighted by Crippen LogP contribution is -2.08. The van der Waals surface area contributed by atoms with Crippen LogP contribution in [0.2, 0.25) is 0 Å². The molecule has 2 rings (SSSR count). The first-order chi connectivity index (χ1) is 10.5. The maximum absolute atomic E-state index is 13.6. The zero-order chi connectivity index (χ0) is 16.1. The highest BCUT2D eigenvalue weighted by molar-refractivity contribution is 9.10. The average molecular weight is 367 g/mol. The standard InChI is InChI=1S/C16H12BrFO4/c1-21-15(19)11-4-2-3-10(7-11)9-22-16(20)13-8-12(17)5-6-14(13)18/h2-8H,9H2,1H3. The first kappa shape index (κ1) is 16.2. The van der Waals surface area contributed by atoms with E-state index in [1.54, 1.807) is 24.3 Å². The van der Waals surface area contributed by atoms with Crippen molar-refractivity contribution in [1.29, 1.82) is 0 Å². The molecule has 0 aliphatic rings. The monoisotopic (exact) mass is 366 g/mol. The number of benzene rings is 2. The summed E-state index contributed by atoms with van der Waals surface area (Å²) in [5.41, 5.74) is 0.801. The molecule has 0 amide bonds. The molecule has 0 spiro atoms. The maximum Gasteiger partial charge on any atom is 0.341 e. The van der Waals surface area contributed by atoms with Gasteiger partial charge in [0.1, 0.15) is 12.4 Å². The molecule has 6 heteroatoms. The van der Waals surface area contributed by atoms with Crippen molar-refractivity contribution in [3.8, 4) is 0 Å². The third-order valence-corrected chi connectivity index (χ3v) is 3.36. The predicted molar refractivity (Wildman–Crippen MR) is 81.0 cm³/mol. The molecule has 0 saturated carbocycles. The molecule has 0 heterocycles. The summed E-state index contributed by atoms with van der Waals surface area (Å²) in [7, 11) is 1.28. The van der Waals surface area contributed by atoms with Crippen LogP contribution < -0.4 is 0 Å². The number of halogens is 2. The highest BCUT2D eigenvalue weighted by Gasteiger charge is 2.14. The van der Waals surface area contributed by atoms with E-state index in [0.717, 1.165) is 0 Å². The van der Waals surface area contributed by atoms with Crippen molar-refractivity contribution in [3.05, 3.63) is 69.4 Å². The number of ether oxygens (including phenoxy) is 2. The Balaban J connectivity index is 2.08. The Hall–Kier alpha value is -2.21. The van der Waals surface area contributed by atoms with Gasteiger partial charge in [0, 0.05) is 4.47 Å². The number of methoxy groups -OCH3 is 1. The van der Waals surface area contributed by atoms with E-state index < -0.39 is 17.8 Å². The summed E-state index contributed by atoms with van der Waals surface area (Å²) in [6, 6.07) is 10.5. The quantitative estimate of drug-likeness (QED) is 0.773. The second-order valence-electron chi connectivity index (χ2n) is 4.39. The molecule has 0 radical (unpaired) electrons. The topological polar surface area (TPSA) is 52.6 Å². The zero-order valence-electron chi connectivity index (χ0n) is 11.6. The Bertz CT molecular complexity index is 715. The lowest BCUT2D eigenvalue weighted by Gasteiger charge is -2.07. The van der Waals surface area contributed by atoms with Crippen LogP contribution in [0.15, 0.2) is 46.9 Å². The Morgan fingerprint density at radius 3 is 2.64 bits per heavy atom. The van der Waals surface area contributed by atoms with Crippen molar-refractivity contribution < 1.29 is 23.5 Å². The zero-order valence-corrected chi connectivity index (χ0v) is 13.2. The van der Waals surface area contributed by atoms with Gasteiger partial charge in [-0.2, -0.15) is 0 Å². The molecule has 4 nitrogen and oxygen atoms in total. The summed E-state index contributed by atoms with van der Waals surface area (Å²) >= 11 is 3.17. The van der Waals surface area contributed by atoms with Crippen LogP contribution in [0.25, 0.3) is 0 Å². The summed E-state index contributed by atoms with van der Waals surface area (Å²) in [5.74, 6) is -1.91. The molecule has 114 valence electrons. The summed E-state index contributed by atoms with van der Waals surface area (Å²) in [5, 5.41) is 0. The van der Waals surface area contributed by atoms with Gasteiger partial charge in [-0.3, -0.25) is 0 Å². The molecule has 2 aromatic rings. The average Bonchev–Trinajstić information content (AvgIpc) is 2.54. The van der Waals surface area contributed by atoms with Gasteiger partial charge in [0.25, 0.3) is 0 Å². The number of hydrogen-bond acceptors (Lipinski definition) is 4. The van der Waals surface area contributed by atoms with E-state index in [9.17, 15) is 14.0 Å². The van der Waals surface area contributed by atoms with E-state index in [1.807, 2.05) is 0 Å². The fraction of sp³-hybridized carbons (Fsp3) is 0.125. The molecular weight excluding hydrogens is 355 g/mol. The highest BCUT2D eigenvalue weighted by atomic mass is 79.9. The van der Waals surface area contributed by atoms with E-state index >= 15 is 0 Å². The van der Waals surface area contributed by atoms with Gasteiger partial charge in [0.2, 0.25) is 0 Å². The highest BCUT2D eigenvalue weighted by Crippen LogP contribution is 2.17. The molecule has 0 atom stereocenters. The number of carbonyl (C=O) groups excluding carboxylic acids is 2. The van der Waals surface area contributed by atoms with Crippen LogP contribution in [-0.2, 0) is 16.1 Å². The Labute approximate surface area is 135 Å². The summed E-state index contributed by atoms with van der Waals surface area (Å²) < 4.78 is 23.8. The van der Waals surface area contributed by atoms with Crippen LogP contribution in [0.5, 0.6) is 0 Å². The van der Waals surface area contributed by atoms with Crippen molar-refractivity contribution in [3.63, 3.8) is 0 Å². The van der Waals surface area contributed by atoms with Crippen LogP contribution in [0.3, 0.4) is 0 Å². The minimum absolute atomic E-state index is 0.0738. The van der Waals surface area contributed by atoms with Crippen molar-refractivity contribution in [2.75, 3.05) is 7.11 Å². The van der Waals surface area contributed by atoms with Gasteiger partial charge in [0.05, 0.1) is 18.2 Å². The van der Waals surface area contributed by atoms with Gasteiger partial charge in [-0.15, -0.1) is 0 Å². The number of esters is 2. The van der Waals surface area contributed by atoms with Crippen molar-refractivity contribution >= 4 is 27.9 Å². The van der Waals surface area contributed by atoms with Crippen LogP contribution in [0, 0.1) is 5.82 Å². The normalized spacial score (nSPS) is 10.1. The van der Waals surface area contributed by atoms with Gasteiger partial charge in [0.15, 0.2) is 0 Å². The first-order valence-corrected chi connectivity index (χ1v) is 7.10. The minimum atomic E-state index is -0.776. The third kappa shape index (κ3) is 3.92. The van der Waals surface area contributed by atoms with Crippen LogP contribution >= 0.6 is 15.9 Å². The predicted octanol–water partition coefficient (Wildman–Crippen LogP) is 3.73. The summed E-state index contributed by atoms with van der Waals surface area (Å²) in [6.45, 7) is -0.0738. The maximum atomic E-state index is 13.6. The van der Waals surface area contributed by atoms with E-state index in [0.29, 0.717) is 15.6 Å². The third-order valence-electron chi connectivity index (χ3n) is 2.87. The lowest BCUT2D eigenvalue weighted by atomic mass is 10.1. The number of carbonyl (C=O) groups is 2. The Kier molecular flexibility index (Phi) is 5.27. The smallest absolute Gasteiger partial charge is 0.341 e. The number of hydrogen-bond donors (Lipinski definition) is 0. The van der Waals surface area contributed by atoms with Gasteiger partial charge in [-0.25, -0.2) is 14.0 Å². The van der Waals surface area contributed by atoms with Crippen LogP contribution in [0.1, 0.15) is 26.3 Å². The SMILES string of the molecule is COC(=O)c1cccc(COC(=O)c2cc(Br)ccc2F)c1. The Morgan fingerprint density at radius 1 is 1.14 bits per heavy atom. The fourth-order valence-electron chi connectivity index (χ4n) is 1.79. The molecule has 2 aromatic carbocycles. The molecule has 0 aliphatic heterocycles. The van der Waals surface area contributed by atoms with Gasteiger partial charge < -0.3 is 9.47 Å². The molecule has 22 heavy (non-hydrogen) atoms. The van der Waals surface area contributed by atoms with E-state index in [4.69, 9.17) is 4.74 Å². The molecule has 0 aromatic heterocycles. The van der Waals surface area contributed by atoms with E-state index in [1.165, 1.54) is 25.3 Å². The molecule has 0 fully saturated rings. The molecular formula is C16H12BrFO4. The van der Waals surface area contributed by atoms with E-state index in [2.05, 4.69) is 20.7 Å². The van der Waals surface area contributed by atoms with E-state index in [-0.39, 0.29) is 12.2 Å². The number of rotatable bonds is 4. The van der Waals surface area contributed by atoms with Gasteiger partial charge >= 0.3 is 11.9 Å². The summed E-state index contributed by atoms with van der Waals surface area (Å²) in [6.07, 6.45) is 0. The molecule has 0 saturated heterocycles. The second-order valence-corrected chi connectivity index (χ2v) is 5.31. The second kappa shape index (κ2) is 7.17. The van der Waals surface area contributed by atoms with Crippen molar-refractivity contribution in [1.82, 2.24) is 0 Å². The van der Waals surface area contributed by atoms with Gasteiger partial charge in [-0.1, -0.05) is 28.1 Å². The van der Waals surface area contributed by atoms with Crippen molar-refractivity contribution in [2.24, 2.45) is 0 Å². The van der Waals surface area contributed by atoms with Crippen molar-refractivity contribution in [2.45, 2.75) is 6.61 Å². The molecule has 0 unspecified atom stereocenters. The lowest BCUT2D eigenvalue weighted by molar-refractivity contribution is 0.0467. The van der Waals surface area contributed by atoms with Crippen LogP contribution in [-0.4, -0.2) is 19.0 Å². The molecule has 0 aliphatic carbocycles. The largest absolute Gasteiger partial charge is 0.465 e. The summed E-state index contributed by atoms with van der Waals surface area (Å²) in [4.78, 5) is 23.3. The van der Waals surface area contributed by atoms with Crippen LogP contribution in [0.4, 0.5) is 4.39 Å². The Morgan fingerprint density at radius 2 is 1.91 bits per heavy atom. The molecule has 0 bridgehead atoms. The fourth-order valence-corrected chi connectivity index (χ4v) is 2.15. The first-order valence-electron chi connectivity index (χ1n) is 6.30. The van der Waals surface area contributed by atoms with Gasteiger partial charge in [-0.05, 0) is 35.9 Å².